The van der Waals surface area contributed by atoms with E-state index in [9.17, 15) is 9.59 Å². The number of β-lactam (4-membered cyclic amide) rings is 1. The lowest BCUT2D eigenvalue weighted by Crippen LogP contribution is -2.58. The third-order valence-electron chi connectivity index (χ3n) is 4.77. The molecule has 3 rings (SSSR count). The molecule has 0 radical (unpaired) electrons. The molecule has 7 heteroatoms. The van der Waals surface area contributed by atoms with Gasteiger partial charge in [-0.3, -0.25) is 14.5 Å². The fraction of sp³-hybridized carbons (Fsp3) is 0.529. The number of nitrogens with zero attached hydrogens (tertiary/aromatic N) is 3. The Hall–Kier alpha value is -1.30. The van der Waals surface area contributed by atoms with E-state index in [-0.39, 0.29) is 23.7 Å². The molecule has 0 spiro atoms. The second kappa shape index (κ2) is 7.72. The molecule has 0 bridgehead atoms. The number of halogens is 2. The third-order valence-corrected chi connectivity index (χ3v) is 5.42. The van der Waals surface area contributed by atoms with E-state index in [0.29, 0.717) is 19.6 Å². The fourth-order valence-electron chi connectivity index (χ4n) is 3.31. The van der Waals surface area contributed by atoms with Gasteiger partial charge in [-0.2, -0.15) is 0 Å². The Kier molecular flexibility index (Phi) is 5.64. The Bertz CT molecular complexity index is 591. The largest absolute Gasteiger partial charge is 0.339 e. The van der Waals surface area contributed by atoms with Crippen molar-refractivity contribution in [3.63, 3.8) is 0 Å². The first-order valence-corrected chi connectivity index (χ1v) is 9.14. The molecule has 1 aromatic rings. The molecule has 0 aliphatic carbocycles. The van der Waals surface area contributed by atoms with Gasteiger partial charge in [0, 0.05) is 39.3 Å². The zero-order valence-electron chi connectivity index (χ0n) is 13.4. The van der Waals surface area contributed by atoms with Crippen LogP contribution in [0.4, 0.5) is 0 Å². The lowest BCUT2D eigenvalue weighted by atomic mass is 9.93. The summed E-state index contributed by atoms with van der Waals surface area (Å²) in [6.45, 7) is 4.46. The van der Waals surface area contributed by atoms with Crippen LogP contribution >= 0.6 is 23.2 Å². The highest BCUT2D eigenvalue weighted by Gasteiger charge is 2.46. The van der Waals surface area contributed by atoms with Gasteiger partial charge in [-0.05, 0) is 5.56 Å². The number of piperazine rings is 1. The normalized spacial score (nSPS) is 24.8. The molecule has 5 nitrogen and oxygen atoms in total. The molecule has 130 valence electrons. The van der Waals surface area contributed by atoms with Crippen LogP contribution in [0.3, 0.4) is 0 Å². The van der Waals surface area contributed by atoms with Crippen LogP contribution in [0, 0.1) is 0 Å². The van der Waals surface area contributed by atoms with Crippen molar-refractivity contribution < 1.29 is 9.59 Å². The number of alkyl halides is 2. The molecule has 0 N–H and O–H groups in total. The van der Waals surface area contributed by atoms with Gasteiger partial charge in [0.25, 0.3) is 0 Å². The van der Waals surface area contributed by atoms with E-state index in [1.807, 2.05) is 35.2 Å². The second-order valence-corrected chi connectivity index (χ2v) is 6.88. The van der Waals surface area contributed by atoms with E-state index in [1.54, 1.807) is 4.90 Å². The molecule has 2 unspecified atom stereocenters. The van der Waals surface area contributed by atoms with Gasteiger partial charge in [0.1, 0.15) is 11.3 Å². The molecule has 0 aromatic heterocycles. The number of carbonyl (C=O) groups is 2. The van der Waals surface area contributed by atoms with Crippen LogP contribution in [0.1, 0.15) is 11.6 Å². The Labute approximate surface area is 152 Å². The topological polar surface area (TPSA) is 43.9 Å². The highest BCUT2D eigenvalue weighted by molar-refractivity contribution is 6.33. The van der Waals surface area contributed by atoms with Crippen LogP contribution < -0.4 is 0 Å². The van der Waals surface area contributed by atoms with E-state index >= 15 is 0 Å². The van der Waals surface area contributed by atoms with Crippen molar-refractivity contribution in [1.29, 1.82) is 0 Å². The summed E-state index contributed by atoms with van der Waals surface area (Å²) < 4.78 is 0. The number of carbonyl (C=O) groups excluding carboxylic acids is 2. The smallest absolute Gasteiger partial charge is 0.243 e. The maximum atomic E-state index is 12.1. The van der Waals surface area contributed by atoms with Gasteiger partial charge in [-0.1, -0.05) is 30.3 Å². The van der Waals surface area contributed by atoms with Crippen molar-refractivity contribution in [2.75, 3.05) is 45.1 Å². The molecule has 2 fully saturated rings. The predicted molar refractivity (Wildman–Crippen MR) is 94.3 cm³/mol. The van der Waals surface area contributed by atoms with Crippen LogP contribution in [-0.4, -0.2) is 77.0 Å². The van der Waals surface area contributed by atoms with Gasteiger partial charge in [0.05, 0.1) is 6.04 Å². The Morgan fingerprint density at radius 2 is 1.75 bits per heavy atom. The summed E-state index contributed by atoms with van der Waals surface area (Å²) in [6.07, 6.45) is 0. The zero-order chi connectivity index (χ0) is 17.1. The van der Waals surface area contributed by atoms with Crippen molar-refractivity contribution >= 4 is 35.0 Å². The van der Waals surface area contributed by atoms with Gasteiger partial charge >= 0.3 is 0 Å². The minimum atomic E-state index is -0.467. The van der Waals surface area contributed by atoms with Crippen molar-refractivity contribution in [3.05, 3.63) is 35.9 Å². The number of benzene rings is 1. The monoisotopic (exact) mass is 369 g/mol. The molecule has 24 heavy (non-hydrogen) atoms. The molecule has 0 saturated carbocycles. The quantitative estimate of drug-likeness (QED) is 0.584. The van der Waals surface area contributed by atoms with E-state index in [0.717, 1.165) is 25.2 Å². The maximum absolute atomic E-state index is 12.1. The lowest BCUT2D eigenvalue weighted by molar-refractivity contribution is -0.145. The van der Waals surface area contributed by atoms with Gasteiger partial charge in [0.15, 0.2) is 0 Å². The van der Waals surface area contributed by atoms with Gasteiger partial charge in [-0.15, -0.1) is 23.2 Å². The van der Waals surface area contributed by atoms with E-state index in [4.69, 9.17) is 23.2 Å². The molecule has 2 saturated heterocycles. The highest BCUT2D eigenvalue weighted by atomic mass is 35.5. The average Bonchev–Trinajstić information content (AvgIpc) is 2.64. The fourth-order valence-corrected chi connectivity index (χ4v) is 3.89. The van der Waals surface area contributed by atoms with Crippen LogP contribution in [0.5, 0.6) is 0 Å². The SMILES string of the molecule is O=C(CCl)N1CCN(CCN2C(=O)C(Cl)C2c2ccccc2)CC1. The molecular formula is C17H21Cl2N3O2. The minimum Gasteiger partial charge on any atom is -0.339 e. The molecule has 2 heterocycles. The highest BCUT2D eigenvalue weighted by Crippen LogP contribution is 2.38. The first kappa shape index (κ1) is 17.5. The Morgan fingerprint density at radius 3 is 2.38 bits per heavy atom. The summed E-state index contributed by atoms with van der Waals surface area (Å²) in [5, 5.41) is -0.467. The summed E-state index contributed by atoms with van der Waals surface area (Å²) in [7, 11) is 0. The molecular weight excluding hydrogens is 349 g/mol. The summed E-state index contributed by atoms with van der Waals surface area (Å²) in [4.78, 5) is 29.6. The Balaban J connectivity index is 1.51. The van der Waals surface area contributed by atoms with Gasteiger partial charge < -0.3 is 9.80 Å². The van der Waals surface area contributed by atoms with Crippen molar-refractivity contribution in [1.82, 2.24) is 14.7 Å². The summed E-state index contributed by atoms with van der Waals surface area (Å²) in [5.41, 5.74) is 1.08. The molecule has 2 aliphatic heterocycles. The van der Waals surface area contributed by atoms with Crippen molar-refractivity contribution in [2.45, 2.75) is 11.4 Å². The number of hydrogen-bond donors (Lipinski definition) is 0. The van der Waals surface area contributed by atoms with Crippen molar-refractivity contribution in [2.24, 2.45) is 0 Å². The van der Waals surface area contributed by atoms with E-state index in [1.165, 1.54) is 0 Å². The second-order valence-electron chi connectivity index (χ2n) is 6.14. The average molecular weight is 370 g/mol. The minimum absolute atomic E-state index is 0.00136. The first-order valence-electron chi connectivity index (χ1n) is 8.17. The first-order chi connectivity index (χ1) is 11.6. The maximum Gasteiger partial charge on any atom is 0.243 e. The molecule has 1 aromatic carbocycles. The zero-order valence-corrected chi connectivity index (χ0v) is 14.9. The molecule has 2 atom stereocenters. The number of hydrogen-bond acceptors (Lipinski definition) is 3. The molecule has 2 aliphatic rings. The van der Waals surface area contributed by atoms with Crippen LogP contribution in [0.15, 0.2) is 30.3 Å². The number of likely N-dealkylation sites (tertiary alicyclic amines) is 1. The van der Waals surface area contributed by atoms with Crippen LogP contribution in [0.2, 0.25) is 0 Å². The summed E-state index contributed by atoms with van der Waals surface area (Å²) >= 11 is 11.8. The predicted octanol–water partition coefficient (Wildman–Crippen LogP) is 1.56. The Morgan fingerprint density at radius 1 is 1.08 bits per heavy atom. The van der Waals surface area contributed by atoms with E-state index < -0.39 is 5.38 Å². The number of amides is 2. The van der Waals surface area contributed by atoms with Crippen molar-refractivity contribution in [3.8, 4) is 0 Å². The number of rotatable bonds is 5. The summed E-state index contributed by atoms with van der Waals surface area (Å²) in [6, 6.07) is 9.87. The van der Waals surface area contributed by atoms with Gasteiger partial charge in [0.2, 0.25) is 11.8 Å². The summed E-state index contributed by atoms with van der Waals surface area (Å²) in [5.74, 6) is 0.0304. The molecule has 2 amide bonds. The lowest BCUT2D eigenvalue weighted by Gasteiger charge is -2.46. The van der Waals surface area contributed by atoms with Crippen LogP contribution in [0.25, 0.3) is 0 Å². The van der Waals surface area contributed by atoms with Gasteiger partial charge in [-0.25, -0.2) is 0 Å². The van der Waals surface area contributed by atoms with E-state index in [2.05, 4.69) is 4.90 Å². The standard InChI is InChI=1S/C17H21Cl2N3O2/c18-12-14(23)21-9-6-20(7-10-21)8-11-22-16(15(19)17(22)24)13-4-2-1-3-5-13/h1-5,15-16H,6-12H2. The third kappa shape index (κ3) is 3.53. The van der Waals surface area contributed by atoms with Crippen LogP contribution in [-0.2, 0) is 9.59 Å².